The summed E-state index contributed by atoms with van der Waals surface area (Å²) >= 11 is 1.64. The Hall–Kier alpha value is -1.83. The van der Waals surface area contributed by atoms with Gasteiger partial charge in [0.25, 0.3) is 0 Å². The summed E-state index contributed by atoms with van der Waals surface area (Å²) in [6.45, 7) is 3.46. The van der Waals surface area contributed by atoms with Gasteiger partial charge in [-0.1, -0.05) is 49.2 Å². The Balaban J connectivity index is 1.84. The van der Waals surface area contributed by atoms with Crippen molar-refractivity contribution in [3.8, 4) is 0 Å². The SMILES string of the molecule is C=CCC(CC(=O)NC1(CO)CCCC1)C(=O)NC(CO)CSCc1ccccc1. The van der Waals surface area contributed by atoms with Gasteiger partial charge in [0, 0.05) is 17.9 Å². The molecule has 0 aromatic heterocycles. The number of nitrogens with one attached hydrogen (secondary N) is 2. The molecule has 1 aromatic carbocycles. The first-order valence-electron chi connectivity index (χ1n) is 10.6. The number of rotatable bonds is 13. The van der Waals surface area contributed by atoms with Crippen molar-refractivity contribution < 1.29 is 19.8 Å². The van der Waals surface area contributed by atoms with E-state index in [0.29, 0.717) is 12.2 Å². The second-order valence-corrected chi connectivity index (χ2v) is 9.04. The van der Waals surface area contributed by atoms with E-state index in [9.17, 15) is 19.8 Å². The van der Waals surface area contributed by atoms with E-state index in [-0.39, 0.29) is 37.5 Å². The van der Waals surface area contributed by atoms with E-state index in [1.807, 2.05) is 30.3 Å². The number of benzene rings is 1. The number of aliphatic hydroxyl groups is 2. The zero-order valence-corrected chi connectivity index (χ0v) is 18.3. The Kier molecular flexibility index (Phi) is 10.4. The van der Waals surface area contributed by atoms with Crippen LogP contribution in [0.25, 0.3) is 0 Å². The summed E-state index contributed by atoms with van der Waals surface area (Å²) in [7, 11) is 0. The van der Waals surface area contributed by atoms with Gasteiger partial charge < -0.3 is 20.8 Å². The molecule has 0 bridgehead atoms. The van der Waals surface area contributed by atoms with Crippen LogP contribution in [0.1, 0.15) is 44.1 Å². The van der Waals surface area contributed by atoms with Crippen LogP contribution in [0.4, 0.5) is 0 Å². The summed E-state index contributed by atoms with van der Waals surface area (Å²) in [5.74, 6) is 0.348. The molecule has 1 aromatic rings. The van der Waals surface area contributed by atoms with E-state index < -0.39 is 11.5 Å². The molecule has 1 aliphatic carbocycles. The lowest BCUT2D eigenvalue weighted by atomic mass is 9.95. The van der Waals surface area contributed by atoms with E-state index in [4.69, 9.17) is 0 Å². The molecule has 6 nitrogen and oxygen atoms in total. The quantitative estimate of drug-likeness (QED) is 0.357. The van der Waals surface area contributed by atoms with Crippen molar-refractivity contribution in [1.29, 1.82) is 0 Å². The van der Waals surface area contributed by atoms with Crippen LogP contribution >= 0.6 is 11.8 Å². The minimum Gasteiger partial charge on any atom is -0.394 e. The summed E-state index contributed by atoms with van der Waals surface area (Å²) in [5, 5.41) is 25.2. The second-order valence-electron chi connectivity index (χ2n) is 8.01. The third-order valence-electron chi connectivity index (χ3n) is 5.52. The Morgan fingerprint density at radius 3 is 2.50 bits per heavy atom. The zero-order valence-electron chi connectivity index (χ0n) is 17.5. The summed E-state index contributed by atoms with van der Waals surface area (Å²) in [5.41, 5.74) is 0.644. The molecule has 1 saturated carbocycles. The highest BCUT2D eigenvalue weighted by Crippen LogP contribution is 2.29. The molecule has 0 aliphatic heterocycles. The predicted molar refractivity (Wildman–Crippen MR) is 121 cm³/mol. The average Bonchev–Trinajstić information content (AvgIpc) is 3.22. The van der Waals surface area contributed by atoms with Crippen LogP contribution in [0, 0.1) is 5.92 Å². The van der Waals surface area contributed by atoms with Gasteiger partial charge in [-0.3, -0.25) is 9.59 Å². The van der Waals surface area contributed by atoms with Gasteiger partial charge in [-0.05, 0) is 24.8 Å². The fourth-order valence-electron chi connectivity index (χ4n) is 3.78. The first kappa shape index (κ1) is 24.4. The molecule has 166 valence electrons. The molecule has 1 fully saturated rings. The van der Waals surface area contributed by atoms with Gasteiger partial charge in [-0.25, -0.2) is 0 Å². The van der Waals surface area contributed by atoms with Crippen molar-refractivity contribution in [1.82, 2.24) is 10.6 Å². The molecule has 7 heteroatoms. The fourth-order valence-corrected chi connectivity index (χ4v) is 4.80. The van der Waals surface area contributed by atoms with Crippen molar-refractivity contribution in [2.24, 2.45) is 5.92 Å². The summed E-state index contributed by atoms with van der Waals surface area (Å²) in [6, 6.07) is 9.65. The van der Waals surface area contributed by atoms with Crippen LogP contribution in [0.2, 0.25) is 0 Å². The van der Waals surface area contributed by atoms with Gasteiger partial charge in [-0.2, -0.15) is 11.8 Å². The van der Waals surface area contributed by atoms with E-state index in [1.54, 1.807) is 17.8 Å². The topological polar surface area (TPSA) is 98.7 Å². The van der Waals surface area contributed by atoms with Gasteiger partial charge in [0.15, 0.2) is 0 Å². The van der Waals surface area contributed by atoms with Crippen LogP contribution in [-0.2, 0) is 15.3 Å². The largest absolute Gasteiger partial charge is 0.394 e. The Bertz CT molecular complexity index is 677. The zero-order chi connectivity index (χ0) is 21.8. The number of aliphatic hydroxyl groups excluding tert-OH is 2. The van der Waals surface area contributed by atoms with Crippen molar-refractivity contribution in [3.63, 3.8) is 0 Å². The minimum atomic E-state index is -0.548. The summed E-state index contributed by atoms with van der Waals surface area (Å²) < 4.78 is 0. The molecule has 4 N–H and O–H groups in total. The predicted octanol–water partition coefficient (Wildman–Crippen LogP) is 2.40. The monoisotopic (exact) mass is 434 g/mol. The van der Waals surface area contributed by atoms with Crippen LogP contribution in [-0.4, -0.2) is 52.6 Å². The lowest BCUT2D eigenvalue weighted by Crippen LogP contribution is -2.50. The maximum Gasteiger partial charge on any atom is 0.224 e. The number of allylic oxidation sites excluding steroid dienone is 1. The first-order chi connectivity index (χ1) is 14.5. The molecule has 2 unspecified atom stereocenters. The van der Waals surface area contributed by atoms with Gasteiger partial charge in [0.1, 0.15) is 0 Å². The molecular weight excluding hydrogens is 400 g/mol. The molecule has 0 heterocycles. The number of hydrogen-bond acceptors (Lipinski definition) is 5. The molecule has 1 aliphatic rings. The van der Waals surface area contributed by atoms with Crippen LogP contribution < -0.4 is 10.6 Å². The number of amides is 2. The van der Waals surface area contributed by atoms with E-state index in [2.05, 4.69) is 17.2 Å². The highest BCUT2D eigenvalue weighted by Gasteiger charge is 2.35. The molecule has 2 amide bonds. The standard InChI is InChI=1S/C23H34N2O4S/c1-2-8-19(13-21(28)25-23(17-27)11-6-7-12-23)22(29)24-20(14-26)16-30-15-18-9-4-3-5-10-18/h2-5,9-10,19-20,26-27H,1,6-8,11-17H2,(H,24,29)(H,25,28). The third kappa shape index (κ3) is 7.78. The third-order valence-corrected chi connectivity index (χ3v) is 6.69. The van der Waals surface area contributed by atoms with Crippen LogP contribution in [0.15, 0.2) is 43.0 Å². The van der Waals surface area contributed by atoms with Crippen molar-refractivity contribution in [2.75, 3.05) is 19.0 Å². The lowest BCUT2D eigenvalue weighted by Gasteiger charge is -2.29. The van der Waals surface area contributed by atoms with Crippen molar-refractivity contribution in [3.05, 3.63) is 48.6 Å². The number of carbonyl (C=O) groups is 2. The molecule has 0 radical (unpaired) electrons. The number of hydrogen-bond donors (Lipinski definition) is 4. The van der Waals surface area contributed by atoms with Gasteiger partial charge in [0.2, 0.25) is 11.8 Å². The minimum absolute atomic E-state index is 0.0366. The molecule has 0 spiro atoms. The summed E-state index contributed by atoms with van der Waals surface area (Å²) in [4.78, 5) is 25.3. The van der Waals surface area contributed by atoms with Crippen molar-refractivity contribution >= 4 is 23.6 Å². The maximum atomic E-state index is 12.7. The Morgan fingerprint density at radius 1 is 1.20 bits per heavy atom. The normalized spacial score (nSPS) is 17.1. The molecule has 2 atom stereocenters. The van der Waals surface area contributed by atoms with E-state index >= 15 is 0 Å². The van der Waals surface area contributed by atoms with Gasteiger partial charge >= 0.3 is 0 Å². The highest BCUT2D eigenvalue weighted by molar-refractivity contribution is 7.98. The Morgan fingerprint density at radius 2 is 1.90 bits per heavy atom. The first-order valence-corrected chi connectivity index (χ1v) is 11.7. The van der Waals surface area contributed by atoms with Gasteiger partial charge in [-0.15, -0.1) is 6.58 Å². The van der Waals surface area contributed by atoms with Gasteiger partial charge in [0.05, 0.1) is 30.7 Å². The molecule has 0 saturated heterocycles. The lowest BCUT2D eigenvalue weighted by molar-refractivity contribution is -0.131. The Labute approximate surface area is 183 Å². The fraction of sp³-hybridized carbons (Fsp3) is 0.565. The van der Waals surface area contributed by atoms with Crippen LogP contribution in [0.5, 0.6) is 0 Å². The maximum absolute atomic E-state index is 12.7. The van der Waals surface area contributed by atoms with E-state index in [1.165, 1.54) is 5.56 Å². The summed E-state index contributed by atoms with van der Waals surface area (Å²) in [6.07, 6.45) is 5.53. The highest BCUT2D eigenvalue weighted by atomic mass is 32.2. The average molecular weight is 435 g/mol. The smallest absolute Gasteiger partial charge is 0.224 e. The van der Waals surface area contributed by atoms with E-state index in [0.717, 1.165) is 31.4 Å². The molecular formula is C23H34N2O4S. The van der Waals surface area contributed by atoms with Crippen LogP contribution in [0.3, 0.4) is 0 Å². The number of carbonyl (C=O) groups excluding carboxylic acids is 2. The number of thioether (sulfide) groups is 1. The molecule has 30 heavy (non-hydrogen) atoms. The second kappa shape index (κ2) is 12.8. The van der Waals surface area contributed by atoms with Crippen molar-refractivity contribution in [2.45, 2.75) is 55.9 Å². The molecule has 2 rings (SSSR count).